The third-order valence-electron chi connectivity index (χ3n) is 2.77. The van der Waals surface area contributed by atoms with Crippen LogP contribution in [0.3, 0.4) is 0 Å². The Morgan fingerprint density at radius 1 is 1.45 bits per heavy atom. The van der Waals surface area contributed by atoms with Gasteiger partial charge in [-0.3, -0.25) is 4.79 Å². The highest BCUT2D eigenvalue weighted by molar-refractivity contribution is 7.18. The van der Waals surface area contributed by atoms with E-state index in [4.69, 9.17) is 11.6 Å². The first-order valence-corrected chi connectivity index (χ1v) is 7.28. The zero-order chi connectivity index (χ0) is 14.1. The van der Waals surface area contributed by atoms with Crippen LogP contribution in [-0.2, 0) is 6.42 Å². The van der Waals surface area contributed by atoms with E-state index in [9.17, 15) is 4.79 Å². The molecule has 0 aliphatic rings. The van der Waals surface area contributed by atoms with Crippen LogP contribution in [-0.4, -0.2) is 20.5 Å². The van der Waals surface area contributed by atoms with Crippen LogP contribution in [0.15, 0.2) is 30.5 Å². The molecule has 1 amide bonds. The number of fused-ring (bicyclic) bond motifs is 1. The SMILES string of the molecule is CCc1nc2c(NC(=O)c3ccc(Cl)s3)cccn2n1. The summed E-state index contributed by atoms with van der Waals surface area (Å²) in [5.74, 6) is 0.543. The number of nitrogens with one attached hydrogen (secondary N) is 1. The summed E-state index contributed by atoms with van der Waals surface area (Å²) < 4.78 is 2.25. The maximum absolute atomic E-state index is 12.1. The van der Waals surface area contributed by atoms with Gasteiger partial charge >= 0.3 is 0 Å². The van der Waals surface area contributed by atoms with Crippen molar-refractivity contribution in [2.45, 2.75) is 13.3 Å². The van der Waals surface area contributed by atoms with E-state index in [1.165, 1.54) is 11.3 Å². The van der Waals surface area contributed by atoms with E-state index in [-0.39, 0.29) is 5.91 Å². The highest BCUT2D eigenvalue weighted by Gasteiger charge is 2.12. The van der Waals surface area contributed by atoms with E-state index in [0.29, 0.717) is 20.5 Å². The number of rotatable bonds is 3. The van der Waals surface area contributed by atoms with Gasteiger partial charge in [-0.1, -0.05) is 18.5 Å². The number of carbonyl (C=O) groups excluding carboxylic acids is 1. The predicted octanol–water partition coefficient (Wildman–Crippen LogP) is 3.26. The predicted molar refractivity (Wildman–Crippen MR) is 79.6 cm³/mol. The summed E-state index contributed by atoms with van der Waals surface area (Å²) in [6.07, 6.45) is 2.55. The van der Waals surface area contributed by atoms with Gasteiger partial charge in [-0.15, -0.1) is 11.3 Å². The molecule has 7 heteroatoms. The van der Waals surface area contributed by atoms with Crippen molar-refractivity contribution in [3.8, 4) is 0 Å². The Morgan fingerprint density at radius 2 is 2.30 bits per heavy atom. The van der Waals surface area contributed by atoms with Crippen molar-refractivity contribution >= 4 is 40.2 Å². The van der Waals surface area contributed by atoms with Crippen LogP contribution in [0.4, 0.5) is 5.69 Å². The first-order chi connectivity index (χ1) is 9.67. The Kier molecular flexibility index (Phi) is 3.42. The van der Waals surface area contributed by atoms with E-state index in [2.05, 4.69) is 15.4 Å². The van der Waals surface area contributed by atoms with Crippen molar-refractivity contribution in [3.63, 3.8) is 0 Å². The molecule has 20 heavy (non-hydrogen) atoms. The summed E-state index contributed by atoms with van der Waals surface area (Å²) in [5, 5.41) is 7.15. The molecule has 0 radical (unpaired) electrons. The average molecular weight is 307 g/mol. The number of halogens is 1. The summed E-state index contributed by atoms with van der Waals surface area (Å²) in [6, 6.07) is 7.02. The number of thiophene rings is 1. The van der Waals surface area contributed by atoms with Gasteiger partial charge < -0.3 is 5.32 Å². The fourth-order valence-electron chi connectivity index (χ4n) is 1.82. The lowest BCUT2D eigenvalue weighted by Crippen LogP contribution is -2.11. The van der Waals surface area contributed by atoms with Crippen molar-refractivity contribution in [1.29, 1.82) is 0 Å². The number of anilines is 1. The third kappa shape index (κ3) is 2.39. The zero-order valence-corrected chi connectivity index (χ0v) is 12.2. The van der Waals surface area contributed by atoms with Crippen molar-refractivity contribution in [1.82, 2.24) is 14.6 Å². The zero-order valence-electron chi connectivity index (χ0n) is 10.6. The minimum absolute atomic E-state index is 0.198. The molecule has 1 N–H and O–H groups in total. The molecule has 0 atom stereocenters. The molecular formula is C13H11ClN4OS. The molecule has 0 unspecified atom stereocenters. The first-order valence-electron chi connectivity index (χ1n) is 6.08. The number of amides is 1. The molecule has 0 saturated carbocycles. The lowest BCUT2D eigenvalue weighted by molar-refractivity contribution is 0.103. The van der Waals surface area contributed by atoms with E-state index >= 15 is 0 Å². The summed E-state index contributed by atoms with van der Waals surface area (Å²) >= 11 is 7.08. The minimum Gasteiger partial charge on any atom is -0.318 e. The Morgan fingerprint density at radius 3 is 3.00 bits per heavy atom. The van der Waals surface area contributed by atoms with Crippen LogP contribution >= 0.6 is 22.9 Å². The third-order valence-corrected chi connectivity index (χ3v) is 4.00. The van der Waals surface area contributed by atoms with Crippen LogP contribution in [0.1, 0.15) is 22.4 Å². The van der Waals surface area contributed by atoms with Gasteiger partial charge in [0.1, 0.15) is 0 Å². The van der Waals surface area contributed by atoms with E-state index in [0.717, 1.165) is 12.2 Å². The standard InChI is InChI=1S/C13H11ClN4OS/c1-2-11-16-12-8(4-3-7-18(12)17-11)15-13(19)9-5-6-10(14)20-9/h3-7H,2H2,1H3,(H,15,19). The van der Waals surface area contributed by atoms with Gasteiger partial charge in [-0.25, -0.2) is 9.50 Å². The summed E-state index contributed by atoms with van der Waals surface area (Å²) in [7, 11) is 0. The van der Waals surface area contributed by atoms with Crippen molar-refractivity contribution in [2.75, 3.05) is 5.32 Å². The Hall–Kier alpha value is -1.92. The maximum atomic E-state index is 12.1. The van der Waals surface area contributed by atoms with Crippen LogP contribution in [0.5, 0.6) is 0 Å². The average Bonchev–Trinajstić information content (AvgIpc) is 3.05. The Labute approximate surface area is 124 Å². The topological polar surface area (TPSA) is 59.3 Å². The lowest BCUT2D eigenvalue weighted by Gasteiger charge is -2.04. The maximum Gasteiger partial charge on any atom is 0.265 e. The largest absolute Gasteiger partial charge is 0.318 e. The molecule has 0 aliphatic carbocycles. The van der Waals surface area contributed by atoms with Crippen LogP contribution in [0.2, 0.25) is 4.34 Å². The molecule has 0 bridgehead atoms. The molecule has 0 spiro atoms. The van der Waals surface area contributed by atoms with E-state index in [1.807, 2.05) is 13.0 Å². The molecule has 0 fully saturated rings. The quantitative estimate of drug-likeness (QED) is 0.808. The minimum atomic E-state index is -0.198. The Bertz CT molecular complexity index is 780. The van der Waals surface area contributed by atoms with Crippen molar-refractivity contribution < 1.29 is 4.79 Å². The van der Waals surface area contributed by atoms with Gasteiger partial charge in [0.25, 0.3) is 5.91 Å². The van der Waals surface area contributed by atoms with Gasteiger partial charge in [-0.05, 0) is 24.3 Å². The smallest absolute Gasteiger partial charge is 0.265 e. The van der Waals surface area contributed by atoms with Crippen LogP contribution in [0.25, 0.3) is 5.65 Å². The summed E-state index contributed by atoms with van der Waals surface area (Å²) in [5.41, 5.74) is 1.27. The molecule has 3 aromatic rings. The number of carbonyl (C=O) groups is 1. The highest BCUT2D eigenvalue weighted by Crippen LogP contribution is 2.23. The fraction of sp³-hybridized carbons (Fsp3) is 0.154. The number of hydrogen-bond donors (Lipinski definition) is 1. The van der Waals surface area contributed by atoms with Gasteiger partial charge in [0.15, 0.2) is 11.5 Å². The van der Waals surface area contributed by atoms with Gasteiger partial charge in [0.2, 0.25) is 0 Å². The molecule has 3 heterocycles. The molecule has 3 rings (SSSR count). The molecule has 0 aliphatic heterocycles. The highest BCUT2D eigenvalue weighted by atomic mass is 35.5. The summed E-state index contributed by atoms with van der Waals surface area (Å²) in [4.78, 5) is 17.1. The molecule has 0 aromatic carbocycles. The molecule has 3 aromatic heterocycles. The van der Waals surface area contributed by atoms with Crippen LogP contribution < -0.4 is 5.32 Å². The van der Waals surface area contributed by atoms with Crippen LogP contribution in [0, 0.1) is 0 Å². The van der Waals surface area contributed by atoms with E-state index in [1.54, 1.807) is 28.9 Å². The monoisotopic (exact) mass is 306 g/mol. The normalized spacial score (nSPS) is 10.9. The lowest BCUT2D eigenvalue weighted by atomic mass is 10.3. The number of nitrogens with zero attached hydrogens (tertiary/aromatic N) is 3. The second-order valence-electron chi connectivity index (χ2n) is 4.13. The Balaban J connectivity index is 1.94. The van der Waals surface area contributed by atoms with Gasteiger partial charge in [0.05, 0.1) is 14.9 Å². The van der Waals surface area contributed by atoms with Crippen molar-refractivity contribution in [3.05, 3.63) is 45.5 Å². The molecule has 5 nitrogen and oxygen atoms in total. The number of pyridine rings is 1. The second kappa shape index (κ2) is 5.22. The molecule has 0 saturated heterocycles. The van der Waals surface area contributed by atoms with Gasteiger partial charge in [0, 0.05) is 12.6 Å². The molecule has 102 valence electrons. The fourth-order valence-corrected chi connectivity index (χ4v) is 2.76. The van der Waals surface area contributed by atoms with Crippen molar-refractivity contribution in [2.24, 2.45) is 0 Å². The first kappa shape index (κ1) is 13.1. The molecular weight excluding hydrogens is 296 g/mol. The number of aryl methyl sites for hydroxylation is 1. The van der Waals surface area contributed by atoms with Gasteiger partial charge in [-0.2, -0.15) is 5.10 Å². The second-order valence-corrected chi connectivity index (χ2v) is 5.84. The van der Waals surface area contributed by atoms with E-state index < -0.39 is 0 Å². The summed E-state index contributed by atoms with van der Waals surface area (Å²) in [6.45, 7) is 1.99. The number of hydrogen-bond acceptors (Lipinski definition) is 4. The number of aromatic nitrogens is 3.